The molecule has 0 fully saturated rings. The first-order chi connectivity index (χ1) is 7.95. The molecule has 0 saturated carbocycles. The largest absolute Gasteiger partial charge is 0.462 e. The van der Waals surface area contributed by atoms with Gasteiger partial charge in [-0.2, -0.15) is 0 Å². The molecule has 0 amide bonds. The molecular formula is C12H13BrO3S. The summed E-state index contributed by atoms with van der Waals surface area (Å²) in [5.41, 5.74) is 1.10. The van der Waals surface area contributed by atoms with Gasteiger partial charge in [0.2, 0.25) is 0 Å². The van der Waals surface area contributed by atoms with E-state index in [1.54, 1.807) is 25.1 Å². The van der Waals surface area contributed by atoms with E-state index < -0.39 is 10.8 Å². The molecule has 0 aromatic heterocycles. The van der Waals surface area contributed by atoms with Gasteiger partial charge in [-0.1, -0.05) is 15.9 Å². The van der Waals surface area contributed by atoms with E-state index in [1.165, 1.54) is 6.92 Å². The number of Topliss-reactive ketones (excluding diaryl/α,β-unsaturated/α-hetero) is 1. The summed E-state index contributed by atoms with van der Waals surface area (Å²) in [7, 11) is 0. The molecule has 0 heterocycles. The molecule has 92 valence electrons. The lowest BCUT2D eigenvalue weighted by molar-refractivity contribution is -0.116. The quantitative estimate of drug-likeness (QED) is 0.527. The molecule has 0 saturated heterocycles. The zero-order chi connectivity index (χ0) is 13.0. The molecule has 0 bridgehead atoms. The van der Waals surface area contributed by atoms with Crippen molar-refractivity contribution >= 4 is 40.3 Å². The zero-order valence-corrected chi connectivity index (χ0v) is 12.0. The third kappa shape index (κ3) is 3.85. The number of halogens is 1. The molecule has 1 aromatic rings. The van der Waals surface area contributed by atoms with Crippen LogP contribution >= 0.6 is 28.6 Å². The van der Waals surface area contributed by atoms with Crippen LogP contribution in [0.25, 0.3) is 0 Å². The predicted molar refractivity (Wildman–Crippen MR) is 72.0 cm³/mol. The smallest absolute Gasteiger partial charge is 0.338 e. The van der Waals surface area contributed by atoms with Crippen LogP contribution in [0.3, 0.4) is 0 Å². The number of ketones is 1. The van der Waals surface area contributed by atoms with Crippen molar-refractivity contribution in [1.82, 2.24) is 0 Å². The fourth-order valence-corrected chi connectivity index (χ4v) is 1.90. The number of ether oxygens (including phenoxy) is 1. The summed E-state index contributed by atoms with van der Waals surface area (Å²) in [5.74, 6) is -0.438. The van der Waals surface area contributed by atoms with Crippen LogP contribution in [0.15, 0.2) is 23.1 Å². The number of rotatable bonds is 4. The molecule has 0 aliphatic rings. The minimum atomic E-state index is -0.428. The average Bonchev–Trinajstić information content (AvgIpc) is 2.27. The molecule has 1 unspecified atom stereocenters. The lowest BCUT2D eigenvalue weighted by Crippen LogP contribution is -2.07. The molecule has 17 heavy (non-hydrogen) atoms. The minimum absolute atomic E-state index is 0.0289. The van der Waals surface area contributed by atoms with Crippen LogP contribution in [0.5, 0.6) is 0 Å². The van der Waals surface area contributed by atoms with Crippen LogP contribution in [0.2, 0.25) is 0 Å². The summed E-state index contributed by atoms with van der Waals surface area (Å²) in [6, 6.07) is 5.00. The Labute approximate surface area is 114 Å². The number of thiol groups is 1. The van der Waals surface area contributed by atoms with Gasteiger partial charge in [0, 0.05) is 4.90 Å². The second kappa shape index (κ2) is 6.21. The Bertz CT molecular complexity index is 445. The van der Waals surface area contributed by atoms with Crippen molar-refractivity contribution in [3.05, 3.63) is 29.3 Å². The summed E-state index contributed by atoms with van der Waals surface area (Å²) in [4.78, 5) is 23.1. The standard InChI is InChI=1S/C12H13BrO3S/c1-3-16-12(15)9-4-8(5-10(17)6-9)11(13)7(2)14/h4-6,11,17H,3H2,1-2H3. The van der Waals surface area contributed by atoms with E-state index in [1.807, 2.05) is 0 Å². The van der Waals surface area contributed by atoms with Crippen LogP contribution < -0.4 is 0 Å². The lowest BCUT2D eigenvalue weighted by Gasteiger charge is -2.09. The summed E-state index contributed by atoms with van der Waals surface area (Å²) in [5, 5.41) is 0. The summed E-state index contributed by atoms with van der Waals surface area (Å²) >= 11 is 7.48. The minimum Gasteiger partial charge on any atom is -0.462 e. The van der Waals surface area contributed by atoms with Crippen molar-refractivity contribution in [2.45, 2.75) is 23.6 Å². The van der Waals surface area contributed by atoms with Gasteiger partial charge in [-0.25, -0.2) is 4.79 Å². The summed E-state index contributed by atoms with van der Waals surface area (Å²) in [6.45, 7) is 3.54. The molecule has 1 atom stereocenters. The van der Waals surface area contributed by atoms with Crippen LogP contribution in [0.1, 0.15) is 34.6 Å². The maximum Gasteiger partial charge on any atom is 0.338 e. The fraction of sp³-hybridized carbons (Fsp3) is 0.333. The van der Waals surface area contributed by atoms with E-state index in [9.17, 15) is 9.59 Å². The Morgan fingerprint density at radius 1 is 1.41 bits per heavy atom. The predicted octanol–water partition coefficient (Wildman–Crippen LogP) is 3.18. The number of esters is 1. The Hall–Kier alpha value is -0.810. The summed E-state index contributed by atoms with van der Waals surface area (Å²) in [6.07, 6.45) is 0. The number of hydrogen-bond acceptors (Lipinski definition) is 4. The topological polar surface area (TPSA) is 43.4 Å². The third-order valence-corrected chi connectivity index (χ3v) is 3.53. The molecular weight excluding hydrogens is 304 g/mol. The average molecular weight is 317 g/mol. The monoisotopic (exact) mass is 316 g/mol. The van der Waals surface area contributed by atoms with E-state index in [4.69, 9.17) is 4.74 Å². The highest BCUT2D eigenvalue weighted by atomic mass is 79.9. The first kappa shape index (κ1) is 14.3. The first-order valence-electron chi connectivity index (χ1n) is 5.11. The Kier molecular flexibility index (Phi) is 5.21. The van der Waals surface area contributed by atoms with E-state index in [-0.39, 0.29) is 5.78 Å². The molecule has 0 radical (unpaired) electrons. The SMILES string of the molecule is CCOC(=O)c1cc(S)cc(C(Br)C(C)=O)c1. The Morgan fingerprint density at radius 3 is 2.59 bits per heavy atom. The molecule has 1 aromatic carbocycles. The van der Waals surface area contributed by atoms with Crippen molar-refractivity contribution < 1.29 is 14.3 Å². The van der Waals surface area contributed by atoms with Gasteiger partial charge < -0.3 is 4.74 Å². The van der Waals surface area contributed by atoms with Gasteiger partial charge in [-0.15, -0.1) is 12.6 Å². The zero-order valence-electron chi connectivity index (χ0n) is 9.57. The van der Waals surface area contributed by atoms with Gasteiger partial charge in [0.05, 0.1) is 17.0 Å². The van der Waals surface area contributed by atoms with Crippen LogP contribution in [-0.2, 0) is 9.53 Å². The van der Waals surface area contributed by atoms with Crippen LogP contribution in [0.4, 0.5) is 0 Å². The maximum atomic E-state index is 11.6. The Morgan fingerprint density at radius 2 is 2.06 bits per heavy atom. The molecule has 3 nitrogen and oxygen atoms in total. The number of carbonyl (C=O) groups excluding carboxylic acids is 2. The second-order valence-corrected chi connectivity index (χ2v) is 4.94. The van der Waals surface area contributed by atoms with Gasteiger partial charge in [0.15, 0.2) is 0 Å². The van der Waals surface area contributed by atoms with Crippen molar-refractivity contribution in [1.29, 1.82) is 0 Å². The number of hydrogen-bond donors (Lipinski definition) is 1. The molecule has 0 spiro atoms. The van der Waals surface area contributed by atoms with Crippen molar-refractivity contribution in [2.75, 3.05) is 6.61 Å². The molecule has 0 aliphatic carbocycles. The highest BCUT2D eigenvalue weighted by molar-refractivity contribution is 9.09. The first-order valence-corrected chi connectivity index (χ1v) is 6.47. The number of carbonyl (C=O) groups is 2. The number of benzene rings is 1. The molecule has 1 rings (SSSR count). The fourth-order valence-electron chi connectivity index (χ4n) is 1.35. The summed E-state index contributed by atoms with van der Waals surface area (Å²) < 4.78 is 4.91. The highest BCUT2D eigenvalue weighted by Gasteiger charge is 2.16. The number of alkyl halides is 1. The highest BCUT2D eigenvalue weighted by Crippen LogP contribution is 2.27. The maximum absolute atomic E-state index is 11.6. The van der Waals surface area contributed by atoms with E-state index >= 15 is 0 Å². The van der Waals surface area contributed by atoms with Crippen LogP contribution in [0, 0.1) is 0 Å². The van der Waals surface area contributed by atoms with E-state index in [2.05, 4.69) is 28.6 Å². The van der Waals surface area contributed by atoms with Gasteiger partial charge in [-0.05, 0) is 37.6 Å². The van der Waals surface area contributed by atoms with Gasteiger partial charge in [-0.3, -0.25) is 4.79 Å². The normalized spacial score (nSPS) is 12.0. The molecule has 0 aliphatic heterocycles. The van der Waals surface area contributed by atoms with E-state index in [0.717, 1.165) is 0 Å². The van der Waals surface area contributed by atoms with Crippen molar-refractivity contribution in [3.63, 3.8) is 0 Å². The van der Waals surface area contributed by atoms with Crippen molar-refractivity contribution in [2.24, 2.45) is 0 Å². The van der Waals surface area contributed by atoms with Gasteiger partial charge in [0.25, 0.3) is 0 Å². The lowest BCUT2D eigenvalue weighted by atomic mass is 10.1. The van der Waals surface area contributed by atoms with Crippen molar-refractivity contribution in [3.8, 4) is 0 Å². The van der Waals surface area contributed by atoms with Crippen LogP contribution in [-0.4, -0.2) is 18.4 Å². The molecule has 0 N–H and O–H groups in total. The van der Waals surface area contributed by atoms with E-state index in [0.29, 0.717) is 22.6 Å². The third-order valence-electron chi connectivity index (χ3n) is 2.10. The van der Waals surface area contributed by atoms with Gasteiger partial charge in [0.1, 0.15) is 5.78 Å². The Balaban J connectivity index is 3.10. The molecule has 5 heteroatoms. The second-order valence-electron chi connectivity index (χ2n) is 3.51. The van der Waals surface area contributed by atoms with Gasteiger partial charge >= 0.3 is 5.97 Å².